The topological polar surface area (TPSA) is 139 Å². The standard InChI is InChI=1S/C41H40Cl2F3N9O3S/c1-2-23-13-22-5-3-9-40(17-52(18-40)39(56)55-12-8-27(42)51-55)19-54(22)37-30-33(49-38(50-37)57-20-41-10-4-11-53(41)16-21(44)14-41)32(46)29(31(43)34(30)58-23)24-6-7-26(45)35-28(24)25(15-47)36(48)59-35/h6-8,12,21-23H,2-5,9-11,13-14,16-20,48H2,1H3/t21-,22-,23?,41+/m1/s1. The third kappa shape index (κ3) is 6.17. The van der Waals surface area contributed by atoms with Crippen molar-refractivity contribution in [3.05, 3.63) is 51.8 Å². The first kappa shape index (κ1) is 38.6. The van der Waals surface area contributed by atoms with Gasteiger partial charge >= 0.3 is 12.0 Å². The zero-order valence-electron chi connectivity index (χ0n) is 32.1. The molecule has 4 saturated heterocycles. The highest BCUT2D eigenvalue weighted by molar-refractivity contribution is 7.23. The second-order valence-corrected chi connectivity index (χ2v) is 18.6. The summed E-state index contributed by atoms with van der Waals surface area (Å²) < 4.78 is 62.5. The second-order valence-electron chi connectivity index (χ2n) is 16.8. The maximum absolute atomic E-state index is 17.8. The minimum absolute atomic E-state index is 0.0157. The van der Waals surface area contributed by atoms with Crippen LogP contribution in [0.4, 0.5) is 28.8 Å². The lowest BCUT2D eigenvalue weighted by Crippen LogP contribution is -2.63. The molecule has 0 aliphatic carbocycles. The Morgan fingerprint density at radius 2 is 1.98 bits per heavy atom. The van der Waals surface area contributed by atoms with Gasteiger partial charge in [-0.15, -0.1) is 11.3 Å². The van der Waals surface area contributed by atoms with E-state index in [-0.39, 0.29) is 94.8 Å². The van der Waals surface area contributed by atoms with E-state index in [9.17, 15) is 14.4 Å². The molecular weight excluding hydrogens is 826 g/mol. The SMILES string of the molecule is CCC1C[C@H]2CCCC3(CN(C(=O)n4ccc(Cl)n4)C3)CN2c2nc(OC[C@@]34CCCN3C[C@H](F)C4)nc3c(F)c(-c4ccc(F)c5sc(N)c(C#N)c45)c(Cl)c(c23)O1. The number of carbonyl (C=O) groups is 1. The van der Waals surface area contributed by atoms with E-state index in [1.165, 1.54) is 16.8 Å². The number of halogens is 5. The predicted molar refractivity (Wildman–Crippen MR) is 219 cm³/mol. The highest BCUT2D eigenvalue weighted by Gasteiger charge is 2.51. The van der Waals surface area contributed by atoms with Gasteiger partial charge in [-0.2, -0.15) is 25.0 Å². The van der Waals surface area contributed by atoms with Gasteiger partial charge < -0.3 is 25.0 Å². The molecule has 59 heavy (non-hydrogen) atoms. The molecule has 10 rings (SSSR count). The van der Waals surface area contributed by atoms with Crippen molar-refractivity contribution in [3.63, 3.8) is 0 Å². The van der Waals surface area contributed by atoms with Gasteiger partial charge in [0.05, 0.1) is 26.2 Å². The van der Waals surface area contributed by atoms with Crippen LogP contribution in [0.25, 0.3) is 32.1 Å². The molecule has 0 radical (unpaired) electrons. The fraction of sp³-hybridized carbons (Fsp3) is 0.488. The van der Waals surface area contributed by atoms with Gasteiger partial charge in [0.2, 0.25) is 0 Å². The number of nitrogens with two attached hydrogens (primary N) is 1. The van der Waals surface area contributed by atoms with E-state index in [1.807, 2.05) is 6.92 Å². The molecule has 1 amide bonds. The van der Waals surface area contributed by atoms with Crippen LogP contribution < -0.4 is 20.1 Å². The van der Waals surface area contributed by atoms with E-state index >= 15 is 8.78 Å². The lowest BCUT2D eigenvalue weighted by atomic mass is 9.76. The quantitative estimate of drug-likeness (QED) is 0.183. The summed E-state index contributed by atoms with van der Waals surface area (Å²) in [6, 6.07) is 5.80. The molecule has 4 atom stereocenters. The number of nitriles is 1. The molecule has 2 aromatic carbocycles. The normalized spacial score (nSPS) is 24.9. The Bertz CT molecular complexity index is 2600. The van der Waals surface area contributed by atoms with Crippen LogP contribution in [0.15, 0.2) is 24.4 Å². The Morgan fingerprint density at radius 3 is 2.75 bits per heavy atom. The molecule has 308 valence electrons. The van der Waals surface area contributed by atoms with Crippen molar-refractivity contribution in [2.75, 3.05) is 50.0 Å². The number of amides is 1. The number of nitrogen functional groups attached to an aromatic ring is 1. The third-order valence-corrected chi connectivity index (χ3v) is 14.8. The molecule has 1 unspecified atom stereocenters. The van der Waals surface area contributed by atoms with Gasteiger partial charge in [-0.25, -0.2) is 18.0 Å². The summed E-state index contributed by atoms with van der Waals surface area (Å²) in [6.07, 6.45) is 5.91. The molecule has 5 aliphatic heterocycles. The Balaban J connectivity index is 1.15. The van der Waals surface area contributed by atoms with Crippen LogP contribution in [-0.2, 0) is 0 Å². The summed E-state index contributed by atoms with van der Waals surface area (Å²) in [4.78, 5) is 29.3. The first-order valence-electron chi connectivity index (χ1n) is 20.0. The number of hydrogen-bond acceptors (Lipinski definition) is 11. The molecule has 12 nitrogen and oxygen atoms in total. The van der Waals surface area contributed by atoms with E-state index in [0.717, 1.165) is 50.0 Å². The average molecular weight is 867 g/mol. The van der Waals surface area contributed by atoms with Crippen LogP contribution in [0.1, 0.15) is 63.9 Å². The number of anilines is 2. The molecule has 5 aromatic rings. The van der Waals surface area contributed by atoms with Gasteiger partial charge in [0.15, 0.2) is 16.7 Å². The van der Waals surface area contributed by atoms with Crippen LogP contribution >= 0.6 is 34.5 Å². The number of benzene rings is 2. The van der Waals surface area contributed by atoms with Crippen molar-refractivity contribution in [3.8, 4) is 29.0 Å². The molecule has 8 heterocycles. The van der Waals surface area contributed by atoms with E-state index in [4.69, 9.17) is 48.4 Å². The monoisotopic (exact) mass is 865 g/mol. The number of fused-ring (bicyclic) bond motifs is 4. The molecule has 0 bridgehead atoms. The molecule has 0 saturated carbocycles. The lowest BCUT2D eigenvalue weighted by molar-refractivity contribution is 0.0310. The average Bonchev–Trinajstić information content (AvgIpc) is 3.94. The molecule has 5 aliphatic rings. The number of aromatic nitrogens is 4. The maximum atomic E-state index is 17.8. The van der Waals surface area contributed by atoms with Gasteiger partial charge in [0.25, 0.3) is 0 Å². The number of likely N-dealkylation sites (tertiary alicyclic amines) is 1. The van der Waals surface area contributed by atoms with Crippen molar-refractivity contribution in [2.24, 2.45) is 5.41 Å². The number of hydrogen-bond donors (Lipinski definition) is 1. The lowest BCUT2D eigenvalue weighted by Gasteiger charge is -2.52. The number of nitrogens with zero attached hydrogens (tertiary/aromatic N) is 8. The highest BCUT2D eigenvalue weighted by Crippen LogP contribution is 2.53. The Morgan fingerprint density at radius 1 is 1.15 bits per heavy atom. The Labute approximate surface area is 351 Å². The smallest absolute Gasteiger partial charge is 0.344 e. The van der Waals surface area contributed by atoms with Crippen molar-refractivity contribution in [1.82, 2.24) is 29.5 Å². The number of thiophene rings is 1. The van der Waals surface area contributed by atoms with Crippen LogP contribution in [-0.4, -0.2) is 98.8 Å². The summed E-state index contributed by atoms with van der Waals surface area (Å²) in [5.41, 5.74) is 5.29. The molecular formula is C41H40Cl2F3N9O3S. The number of alkyl halides is 1. The molecule has 18 heteroatoms. The number of rotatable bonds is 5. The van der Waals surface area contributed by atoms with E-state index in [1.54, 1.807) is 17.2 Å². The van der Waals surface area contributed by atoms with E-state index in [0.29, 0.717) is 51.3 Å². The van der Waals surface area contributed by atoms with Crippen LogP contribution in [0.3, 0.4) is 0 Å². The fourth-order valence-electron chi connectivity index (χ4n) is 10.4. The highest BCUT2D eigenvalue weighted by atomic mass is 35.5. The summed E-state index contributed by atoms with van der Waals surface area (Å²) in [7, 11) is 0. The summed E-state index contributed by atoms with van der Waals surface area (Å²) >= 11 is 14.3. The zero-order chi connectivity index (χ0) is 41.0. The molecule has 3 aromatic heterocycles. The van der Waals surface area contributed by atoms with Crippen molar-refractivity contribution in [2.45, 2.75) is 82.1 Å². The zero-order valence-corrected chi connectivity index (χ0v) is 34.4. The van der Waals surface area contributed by atoms with Crippen LogP contribution in [0.2, 0.25) is 10.2 Å². The second kappa shape index (κ2) is 14.3. The van der Waals surface area contributed by atoms with Gasteiger partial charge in [0, 0.05) is 67.6 Å². The van der Waals surface area contributed by atoms with Gasteiger partial charge in [-0.1, -0.05) is 42.6 Å². The summed E-state index contributed by atoms with van der Waals surface area (Å²) in [5.74, 6) is -0.884. The first-order chi connectivity index (χ1) is 28.4. The minimum atomic E-state index is -0.983. The predicted octanol–water partition coefficient (Wildman–Crippen LogP) is 8.59. The van der Waals surface area contributed by atoms with E-state index < -0.39 is 23.3 Å². The van der Waals surface area contributed by atoms with Crippen molar-refractivity contribution in [1.29, 1.82) is 5.26 Å². The Hall–Kier alpha value is -4.56. The minimum Gasteiger partial charge on any atom is -0.488 e. The Kier molecular flexibility index (Phi) is 9.35. The fourth-order valence-corrected chi connectivity index (χ4v) is 11.8. The first-order valence-corrected chi connectivity index (χ1v) is 21.6. The van der Waals surface area contributed by atoms with Gasteiger partial charge in [0.1, 0.15) is 47.1 Å². The number of ether oxygens (including phenoxy) is 2. The van der Waals surface area contributed by atoms with Crippen LogP contribution in [0.5, 0.6) is 11.8 Å². The van der Waals surface area contributed by atoms with Gasteiger partial charge in [-0.3, -0.25) is 4.90 Å². The maximum Gasteiger partial charge on any atom is 0.344 e. The van der Waals surface area contributed by atoms with Crippen molar-refractivity contribution >= 4 is 72.4 Å². The number of carbonyl (C=O) groups excluding carboxylic acids is 1. The van der Waals surface area contributed by atoms with E-state index in [2.05, 4.69) is 21.0 Å². The largest absolute Gasteiger partial charge is 0.488 e. The molecule has 4 fully saturated rings. The van der Waals surface area contributed by atoms with Crippen molar-refractivity contribution < 1.29 is 27.4 Å². The summed E-state index contributed by atoms with van der Waals surface area (Å²) in [6.45, 7) is 4.64. The van der Waals surface area contributed by atoms with Crippen LogP contribution in [0, 0.1) is 28.4 Å². The summed E-state index contributed by atoms with van der Waals surface area (Å²) in [5, 5.41) is 14.9. The molecule has 2 N–H and O–H groups in total. The third-order valence-electron chi connectivity index (χ3n) is 13.2. The molecule has 1 spiro atoms. The van der Waals surface area contributed by atoms with Gasteiger partial charge in [-0.05, 0) is 56.3 Å².